The van der Waals surface area contributed by atoms with E-state index in [1.807, 2.05) is 11.3 Å². The van der Waals surface area contributed by atoms with Crippen molar-refractivity contribution >= 4 is 11.3 Å². The third-order valence-corrected chi connectivity index (χ3v) is 5.70. The predicted molar refractivity (Wildman–Crippen MR) is 87.2 cm³/mol. The first-order valence-electron chi connectivity index (χ1n) is 8.12. The zero-order chi connectivity index (χ0) is 14.0. The summed E-state index contributed by atoms with van der Waals surface area (Å²) in [6.07, 6.45) is 4.26. The van der Waals surface area contributed by atoms with E-state index in [1.165, 1.54) is 63.4 Å². The molecule has 1 atom stereocenters. The molecule has 0 saturated carbocycles. The summed E-state index contributed by atoms with van der Waals surface area (Å²) >= 11 is 1.90. The third-order valence-electron chi connectivity index (χ3n) is 4.84. The summed E-state index contributed by atoms with van der Waals surface area (Å²) in [7, 11) is 0. The minimum atomic E-state index is 0.602. The molecule has 2 fully saturated rings. The second kappa shape index (κ2) is 6.17. The average Bonchev–Trinajstić information content (AvgIpc) is 3.00. The zero-order valence-electron chi connectivity index (χ0n) is 13.0. The highest BCUT2D eigenvalue weighted by Crippen LogP contribution is 2.39. The molecule has 3 heterocycles. The van der Waals surface area contributed by atoms with E-state index < -0.39 is 0 Å². The molecule has 2 aliphatic rings. The first-order chi connectivity index (χ1) is 9.65. The molecular weight excluding hydrogens is 264 g/mol. The molecule has 1 spiro atoms. The quantitative estimate of drug-likeness (QED) is 0.835. The minimum absolute atomic E-state index is 0.602. The molecule has 2 nitrogen and oxygen atoms in total. The van der Waals surface area contributed by atoms with Crippen LogP contribution in [-0.4, -0.2) is 42.5 Å². The monoisotopic (exact) mass is 292 g/mol. The Morgan fingerprint density at radius 1 is 1.20 bits per heavy atom. The largest absolute Gasteiger partial charge is 0.302 e. The van der Waals surface area contributed by atoms with Gasteiger partial charge >= 0.3 is 0 Å². The van der Waals surface area contributed by atoms with Gasteiger partial charge in [-0.3, -0.25) is 4.90 Å². The molecular formula is C17H28N2S. The van der Waals surface area contributed by atoms with Crippen LogP contribution in [0.25, 0.3) is 0 Å². The van der Waals surface area contributed by atoms with Gasteiger partial charge in [-0.2, -0.15) is 0 Å². The van der Waals surface area contributed by atoms with Gasteiger partial charge in [0.05, 0.1) is 0 Å². The van der Waals surface area contributed by atoms with Gasteiger partial charge in [-0.05, 0) is 55.1 Å². The molecule has 2 aliphatic heterocycles. The van der Waals surface area contributed by atoms with E-state index in [4.69, 9.17) is 0 Å². The van der Waals surface area contributed by atoms with Crippen molar-refractivity contribution in [1.29, 1.82) is 0 Å². The van der Waals surface area contributed by atoms with Crippen LogP contribution in [0.2, 0.25) is 0 Å². The summed E-state index contributed by atoms with van der Waals surface area (Å²) in [5.41, 5.74) is 0.602. The Kier molecular flexibility index (Phi) is 4.49. The van der Waals surface area contributed by atoms with Crippen LogP contribution < -0.4 is 0 Å². The third kappa shape index (κ3) is 3.44. The van der Waals surface area contributed by atoms with Gasteiger partial charge in [0.15, 0.2) is 0 Å². The second-order valence-corrected chi connectivity index (χ2v) is 8.30. The Hall–Kier alpha value is -0.380. The summed E-state index contributed by atoms with van der Waals surface area (Å²) in [6.45, 7) is 12.4. The van der Waals surface area contributed by atoms with Crippen LogP contribution >= 0.6 is 11.3 Å². The summed E-state index contributed by atoms with van der Waals surface area (Å²) in [4.78, 5) is 6.94. The van der Waals surface area contributed by atoms with Crippen molar-refractivity contribution in [1.82, 2.24) is 9.80 Å². The molecule has 0 aliphatic carbocycles. The van der Waals surface area contributed by atoms with E-state index in [0.29, 0.717) is 5.41 Å². The van der Waals surface area contributed by atoms with Crippen molar-refractivity contribution in [3.05, 3.63) is 22.4 Å². The Balaban J connectivity index is 1.57. The van der Waals surface area contributed by atoms with Crippen molar-refractivity contribution in [2.45, 2.75) is 39.7 Å². The predicted octanol–water partition coefficient (Wildman–Crippen LogP) is 3.69. The Morgan fingerprint density at radius 2 is 2.05 bits per heavy atom. The average molecular weight is 292 g/mol. The summed E-state index contributed by atoms with van der Waals surface area (Å²) < 4.78 is 0. The molecule has 20 heavy (non-hydrogen) atoms. The van der Waals surface area contributed by atoms with E-state index in [2.05, 4.69) is 41.2 Å². The first kappa shape index (κ1) is 14.6. The fraction of sp³-hybridized carbons (Fsp3) is 0.765. The highest BCUT2D eigenvalue weighted by Gasteiger charge is 2.41. The number of thiophene rings is 1. The molecule has 1 aromatic heterocycles. The van der Waals surface area contributed by atoms with E-state index in [0.717, 1.165) is 5.92 Å². The van der Waals surface area contributed by atoms with E-state index in [-0.39, 0.29) is 0 Å². The lowest BCUT2D eigenvalue weighted by molar-refractivity contribution is 0.0834. The molecule has 112 valence electrons. The van der Waals surface area contributed by atoms with Gasteiger partial charge in [-0.25, -0.2) is 0 Å². The number of likely N-dealkylation sites (tertiary alicyclic amines) is 2. The number of hydrogen-bond donors (Lipinski definition) is 0. The number of hydrogen-bond acceptors (Lipinski definition) is 3. The maximum Gasteiger partial charge on any atom is 0.0328 e. The van der Waals surface area contributed by atoms with Crippen LogP contribution in [0.5, 0.6) is 0 Å². The number of piperidine rings is 1. The van der Waals surface area contributed by atoms with E-state index in [1.54, 1.807) is 0 Å². The van der Waals surface area contributed by atoms with Crippen LogP contribution in [0.4, 0.5) is 0 Å². The van der Waals surface area contributed by atoms with Gasteiger partial charge < -0.3 is 4.90 Å². The number of nitrogens with zero attached hydrogens (tertiary/aromatic N) is 2. The lowest BCUT2D eigenvalue weighted by Crippen LogP contribution is -2.45. The van der Waals surface area contributed by atoms with Crippen LogP contribution in [0, 0.1) is 11.3 Å². The van der Waals surface area contributed by atoms with Gasteiger partial charge in [0.2, 0.25) is 0 Å². The van der Waals surface area contributed by atoms with Crippen LogP contribution in [0.3, 0.4) is 0 Å². The van der Waals surface area contributed by atoms with E-state index in [9.17, 15) is 0 Å². The van der Waals surface area contributed by atoms with E-state index >= 15 is 0 Å². The maximum atomic E-state index is 2.73. The smallest absolute Gasteiger partial charge is 0.0328 e. The highest BCUT2D eigenvalue weighted by atomic mass is 32.1. The van der Waals surface area contributed by atoms with Crippen LogP contribution in [-0.2, 0) is 6.54 Å². The summed E-state index contributed by atoms with van der Waals surface area (Å²) in [5.74, 6) is 0.800. The Morgan fingerprint density at radius 3 is 2.80 bits per heavy atom. The highest BCUT2D eigenvalue weighted by molar-refractivity contribution is 7.09. The fourth-order valence-corrected chi connectivity index (χ4v) is 4.85. The van der Waals surface area contributed by atoms with Crippen molar-refractivity contribution < 1.29 is 0 Å². The van der Waals surface area contributed by atoms with Gasteiger partial charge in [0.25, 0.3) is 0 Å². The minimum Gasteiger partial charge on any atom is -0.302 e. The molecule has 3 heteroatoms. The van der Waals surface area contributed by atoms with Gasteiger partial charge in [0, 0.05) is 31.1 Å². The molecule has 0 N–H and O–H groups in total. The van der Waals surface area contributed by atoms with Crippen molar-refractivity contribution in [3.63, 3.8) is 0 Å². The second-order valence-electron chi connectivity index (χ2n) is 7.27. The van der Waals surface area contributed by atoms with Gasteiger partial charge in [-0.1, -0.05) is 19.9 Å². The van der Waals surface area contributed by atoms with Crippen molar-refractivity contribution in [3.8, 4) is 0 Å². The molecule has 0 bridgehead atoms. The molecule has 3 rings (SSSR count). The standard InChI is InChI=1S/C17H28N2S/c1-15(2)11-18-8-4-6-17(13-18)7-9-19(14-17)12-16-5-3-10-20-16/h3,5,10,15H,4,6-9,11-14H2,1-2H3/t17-/m0/s1. The van der Waals surface area contributed by atoms with Crippen molar-refractivity contribution in [2.75, 3.05) is 32.7 Å². The molecule has 0 unspecified atom stereocenters. The summed E-state index contributed by atoms with van der Waals surface area (Å²) in [5, 5.41) is 2.20. The molecule has 0 aromatic carbocycles. The SMILES string of the molecule is CC(C)CN1CCC[C@]2(CCN(Cc3cccs3)C2)C1. The molecule has 0 amide bonds. The van der Waals surface area contributed by atoms with Gasteiger partial charge in [0.1, 0.15) is 0 Å². The lowest BCUT2D eigenvalue weighted by Gasteiger charge is -2.41. The normalized spacial score (nSPS) is 28.8. The van der Waals surface area contributed by atoms with Crippen molar-refractivity contribution in [2.24, 2.45) is 11.3 Å². The fourth-order valence-electron chi connectivity index (χ4n) is 4.10. The molecule has 1 aromatic rings. The summed E-state index contributed by atoms with van der Waals surface area (Å²) in [6, 6.07) is 4.46. The first-order valence-corrected chi connectivity index (χ1v) is 9.00. The number of rotatable bonds is 4. The maximum absolute atomic E-state index is 2.73. The molecule has 2 saturated heterocycles. The van der Waals surface area contributed by atoms with Crippen LogP contribution in [0.1, 0.15) is 38.0 Å². The van der Waals surface area contributed by atoms with Gasteiger partial charge in [-0.15, -0.1) is 11.3 Å². The Labute approximate surface area is 127 Å². The zero-order valence-corrected chi connectivity index (χ0v) is 13.8. The molecule has 0 radical (unpaired) electrons. The topological polar surface area (TPSA) is 6.48 Å². The lowest BCUT2D eigenvalue weighted by atomic mass is 9.79. The van der Waals surface area contributed by atoms with Crippen LogP contribution in [0.15, 0.2) is 17.5 Å². The Bertz CT molecular complexity index is 415.